The van der Waals surface area contributed by atoms with Crippen molar-refractivity contribution in [2.24, 2.45) is 5.92 Å². The zero-order valence-corrected chi connectivity index (χ0v) is 12.2. The Balaban J connectivity index is 2.58. The molecule has 0 aromatic carbocycles. The summed E-state index contributed by atoms with van der Waals surface area (Å²) < 4.78 is 9.81. The van der Waals surface area contributed by atoms with Gasteiger partial charge in [-0.25, -0.2) is 4.98 Å². The van der Waals surface area contributed by atoms with Crippen LogP contribution in [0.4, 0.5) is 5.13 Å². The van der Waals surface area contributed by atoms with Crippen molar-refractivity contribution >= 4 is 16.7 Å². The summed E-state index contributed by atoms with van der Waals surface area (Å²) in [5, 5.41) is 4.30. The molecular formula is C12H23N3OS. The molecule has 0 aliphatic carbocycles. The smallest absolute Gasteiger partial charge is 0.202 e. The fourth-order valence-electron chi connectivity index (χ4n) is 1.33. The summed E-state index contributed by atoms with van der Waals surface area (Å²) >= 11 is 1.43. The van der Waals surface area contributed by atoms with Gasteiger partial charge in [-0.3, -0.25) is 0 Å². The SMILES string of the molecule is CCOCC(Nc1nc(C(C)C)ns1)C(C)C. The molecule has 1 heterocycles. The van der Waals surface area contributed by atoms with Gasteiger partial charge in [0, 0.05) is 24.1 Å². The van der Waals surface area contributed by atoms with Gasteiger partial charge in [-0.15, -0.1) is 0 Å². The van der Waals surface area contributed by atoms with Crippen LogP contribution in [0.15, 0.2) is 0 Å². The number of aromatic nitrogens is 2. The number of nitrogens with zero attached hydrogens (tertiary/aromatic N) is 2. The second kappa shape index (κ2) is 6.91. The Bertz CT molecular complexity index is 325. The summed E-state index contributed by atoms with van der Waals surface area (Å²) in [4.78, 5) is 4.48. The van der Waals surface area contributed by atoms with E-state index in [9.17, 15) is 0 Å². The van der Waals surface area contributed by atoms with E-state index in [1.165, 1.54) is 11.5 Å². The Morgan fingerprint density at radius 2 is 2.00 bits per heavy atom. The molecule has 0 saturated heterocycles. The van der Waals surface area contributed by atoms with Crippen LogP contribution in [0, 0.1) is 5.92 Å². The van der Waals surface area contributed by atoms with Gasteiger partial charge in [0.05, 0.1) is 12.6 Å². The quantitative estimate of drug-likeness (QED) is 0.815. The van der Waals surface area contributed by atoms with Crippen LogP contribution in [0.3, 0.4) is 0 Å². The zero-order chi connectivity index (χ0) is 12.8. The van der Waals surface area contributed by atoms with Gasteiger partial charge < -0.3 is 10.1 Å². The van der Waals surface area contributed by atoms with E-state index in [0.717, 1.165) is 17.6 Å². The normalized spacial score (nSPS) is 13.4. The number of anilines is 1. The monoisotopic (exact) mass is 257 g/mol. The lowest BCUT2D eigenvalue weighted by molar-refractivity contribution is 0.127. The predicted octanol–water partition coefficient (Wildman–Crippen LogP) is 3.13. The van der Waals surface area contributed by atoms with Gasteiger partial charge in [-0.1, -0.05) is 27.7 Å². The average Bonchev–Trinajstić information content (AvgIpc) is 2.72. The molecule has 0 aliphatic heterocycles. The Kier molecular flexibility index (Phi) is 5.85. The molecule has 0 amide bonds. The van der Waals surface area contributed by atoms with Crippen molar-refractivity contribution in [1.82, 2.24) is 9.36 Å². The lowest BCUT2D eigenvalue weighted by atomic mass is 10.1. The van der Waals surface area contributed by atoms with Crippen LogP contribution < -0.4 is 5.32 Å². The summed E-state index contributed by atoms with van der Waals surface area (Å²) in [6.45, 7) is 12.0. The van der Waals surface area contributed by atoms with Gasteiger partial charge in [-0.2, -0.15) is 4.37 Å². The third kappa shape index (κ3) is 4.60. The van der Waals surface area contributed by atoms with Crippen LogP contribution in [0.5, 0.6) is 0 Å². The van der Waals surface area contributed by atoms with Crippen molar-refractivity contribution in [1.29, 1.82) is 0 Å². The van der Waals surface area contributed by atoms with Crippen LogP contribution in [0.2, 0.25) is 0 Å². The molecule has 0 spiro atoms. The third-order valence-corrected chi connectivity index (χ3v) is 3.23. The lowest BCUT2D eigenvalue weighted by Gasteiger charge is -2.21. The summed E-state index contributed by atoms with van der Waals surface area (Å²) in [5.74, 6) is 1.80. The number of ether oxygens (including phenoxy) is 1. The molecule has 98 valence electrons. The number of rotatable bonds is 7. The fraction of sp³-hybridized carbons (Fsp3) is 0.833. The van der Waals surface area contributed by atoms with Crippen molar-refractivity contribution in [3.05, 3.63) is 5.82 Å². The van der Waals surface area contributed by atoms with E-state index >= 15 is 0 Å². The minimum Gasteiger partial charge on any atom is -0.380 e. The highest BCUT2D eigenvalue weighted by molar-refractivity contribution is 7.09. The van der Waals surface area contributed by atoms with E-state index < -0.39 is 0 Å². The molecule has 17 heavy (non-hydrogen) atoms. The van der Waals surface area contributed by atoms with Crippen molar-refractivity contribution in [3.8, 4) is 0 Å². The van der Waals surface area contributed by atoms with Crippen molar-refractivity contribution in [2.75, 3.05) is 18.5 Å². The van der Waals surface area contributed by atoms with Crippen LogP contribution in [0.25, 0.3) is 0 Å². The first-order chi connectivity index (χ1) is 8.04. The highest BCUT2D eigenvalue weighted by Crippen LogP contribution is 2.19. The van der Waals surface area contributed by atoms with Crippen LogP contribution >= 0.6 is 11.5 Å². The lowest BCUT2D eigenvalue weighted by Crippen LogP contribution is -2.30. The highest BCUT2D eigenvalue weighted by atomic mass is 32.1. The van der Waals surface area contributed by atoms with Crippen LogP contribution in [-0.2, 0) is 4.74 Å². The van der Waals surface area contributed by atoms with Gasteiger partial charge in [0.1, 0.15) is 5.82 Å². The summed E-state index contributed by atoms with van der Waals surface area (Å²) in [6.07, 6.45) is 0. The van der Waals surface area contributed by atoms with Crippen LogP contribution in [-0.4, -0.2) is 28.6 Å². The fourth-order valence-corrected chi connectivity index (χ4v) is 2.10. The molecule has 4 nitrogen and oxygen atoms in total. The van der Waals surface area contributed by atoms with E-state index in [4.69, 9.17) is 4.74 Å². The summed E-state index contributed by atoms with van der Waals surface area (Å²) in [6, 6.07) is 0.294. The molecule has 1 N–H and O–H groups in total. The van der Waals surface area contributed by atoms with E-state index in [1.54, 1.807) is 0 Å². The van der Waals surface area contributed by atoms with Crippen LogP contribution in [0.1, 0.15) is 46.4 Å². The van der Waals surface area contributed by atoms with Gasteiger partial charge in [0.2, 0.25) is 5.13 Å². The first-order valence-corrected chi connectivity index (χ1v) is 6.99. The molecule has 0 radical (unpaired) electrons. The second-order valence-electron chi connectivity index (χ2n) is 4.77. The Hall–Kier alpha value is -0.680. The maximum Gasteiger partial charge on any atom is 0.202 e. The van der Waals surface area contributed by atoms with Crippen molar-refractivity contribution < 1.29 is 4.74 Å². The average molecular weight is 257 g/mol. The number of hydrogen-bond acceptors (Lipinski definition) is 5. The summed E-state index contributed by atoms with van der Waals surface area (Å²) in [7, 11) is 0. The minimum atomic E-state index is 0.294. The maximum atomic E-state index is 5.48. The largest absolute Gasteiger partial charge is 0.380 e. The molecule has 1 atom stereocenters. The molecule has 0 aliphatic rings. The Morgan fingerprint density at radius 3 is 2.47 bits per heavy atom. The van der Waals surface area contributed by atoms with E-state index in [1.807, 2.05) is 6.92 Å². The molecule has 1 unspecified atom stereocenters. The molecule has 0 bridgehead atoms. The minimum absolute atomic E-state index is 0.294. The molecule has 5 heteroatoms. The topological polar surface area (TPSA) is 47.0 Å². The van der Waals surface area contributed by atoms with Gasteiger partial charge in [0.25, 0.3) is 0 Å². The third-order valence-electron chi connectivity index (χ3n) is 2.57. The molecule has 1 aromatic rings. The first-order valence-electron chi connectivity index (χ1n) is 6.22. The molecule has 1 rings (SSSR count). The molecular weight excluding hydrogens is 234 g/mol. The molecule has 0 fully saturated rings. The second-order valence-corrected chi connectivity index (χ2v) is 5.52. The van der Waals surface area contributed by atoms with Crippen molar-refractivity contribution in [2.45, 2.75) is 46.6 Å². The number of nitrogens with one attached hydrogen (secondary N) is 1. The molecule has 1 aromatic heterocycles. The van der Waals surface area contributed by atoms with E-state index in [-0.39, 0.29) is 0 Å². The van der Waals surface area contributed by atoms with E-state index in [2.05, 4.69) is 42.4 Å². The first kappa shape index (κ1) is 14.4. The van der Waals surface area contributed by atoms with E-state index in [0.29, 0.717) is 24.5 Å². The van der Waals surface area contributed by atoms with Crippen molar-refractivity contribution in [3.63, 3.8) is 0 Å². The number of hydrogen-bond donors (Lipinski definition) is 1. The van der Waals surface area contributed by atoms with Gasteiger partial charge >= 0.3 is 0 Å². The Morgan fingerprint density at radius 1 is 1.29 bits per heavy atom. The standard InChI is InChI=1S/C12H23N3OS/c1-6-16-7-10(8(2)3)13-12-14-11(9(4)5)15-17-12/h8-10H,6-7H2,1-5H3,(H,13,14,15). The maximum absolute atomic E-state index is 5.48. The predicted molar refractivity (Wildman–Crippen MR) is 72.7 cm³/mol. The zero-order valence-electron chi connectivity index (χ0n) is 11.4. The summed E-state index contributed by atoms with van der Waals surface area (Å²) in [5.41, 5.74) is 0. The van der Waals surface area contributed by atoms with Gasteiger partial charge in [-0.05, 0) is 12.8 Å². The van der Waals surface area contributed by atoms with Gasteiger partial charge in [0.15, 0.2) is 0 Å². The molecule has 0 saturated carbocycles. The Labute approximate surface area is 108 Å². The highest BCUT2D eigenvalue weighted by Gasteiger charge is 2.16.